The van der Waals surface area contributed by atoms with Crippen molar-refractivity contribution in [3.05, 3.63) is 101 Å². The lowest BCUT2D eigenvalue weighted by atomic mass is 10.0. The molecule has 9 heteroatoms. The number of amides is 1. The summed E-state index contributed by atoms with van der Waals surface area (Å²) in [5.41, 5.74) is 6.28. The molecule has 0 aliphatic carbocycles. The smallest absolute Gasteiger partial charge is 0.321 e. The molecule has 0 heterocycles. The molecule has 0 fully saturated rings. The van der Waals surface area contributed by atoms with Gasteiger partial charge >= 0.3 is 5.97 Å². The van der Waals surface area contributed by atoms with Crippen LogP contribution in [-0.2, 0) is 24.3 Å². The predicted octanol–water partition coefficient (Wildman–Crippen LogP) is 2.69. The third-order valence-corrected chi connectivity index (χ3v) is 6.35. The van der Waals surface area contributed by atoms with Crippen LogP contribution < -0.4 is 10.1 Å². The van der Waals surface area contributed by atoms with Crippen molar-refractivity contribution in [2.45, 2.75) is 18.7 Å². The lowest BCUT2D eigenvalue weighted by Gasteiger charge is -2.09. The van der Waals surface area contributed by atoms with Gasteiger partial charge in [0.25, 0.3) is 5.91 Å². The van der Waals surface area contributed by atoms with E-state index < -0.39 is 35.1 Å². The number of hydrazone groups is 1. The van der Waals surface area contributed by atoms with Crippen LogP contribution in [0.3, 0.4) is 0 Å². The number of esters is 1. The number of rotatable bonds is 9. The van der Waals surface area contributed by atoms with E-state index in [1.54, 1.807) is 13.0 Å². The van der Waals surface area contributed by atoms with Crippen LogP contribution in [0.1, 0.15) is 22.3 Å². The fourth-order valence-corrected chi connectivity index (χ4v) is 4.01. The van der Waals surface area contributed by atoms with Crippen LogP contribution in [0.4, 0.5) is 0 Å². The third-order valence-electron chi connectivity index (χ3n) is 4.95. The zero-order valence-electron chi connectivity index (χ0n) is 18.8. The number of hydrogen-bond acceptors (Lipinski definition) is 6. The topological polar surface area (TPSA) is 114 Å². The normalized spacial score (nSPS) is 10.9. The summed E-state index contributed by atoms with van der Waals surface area (Å²) in [6, 6.07) is 23.3. The first kappa shape index (κ1) is 24.8. The van der Waals surface area contributed by atoms with E-state index in [0.717, 1.165) is 22.3 Å². The van der Waals surface area contributed by atoms with Gasteiger partial charge in [0, 0.05) is 11.1 Å². The second-order valence-corrected chi connectivity index (χ2v) is 9.23. The summed E-state index contributed by atoms with van der Waals surface area (Å²) >= 11 is 0. The molecule has 0 radical (unpaired) electrons. The molecular formula is C25H25N3O5S. The van der Waals surface area contributed by atoms with Gasteiger partial charge in [0.05, 0.1) is 10.6 Å². The molecule has 0 bridgehead atoms. The maximum absolute atomic E-state index is 12.4. The Morgan fingerprint density at radius 2 is 1.44 bits per heavy atom. The van der Waals surface area contributed by atoms with Crippen LogP contribution in [0.2, 0.25) is 0 Å². The molecule has 0 aromatic heterocycles. The van der Waals surface area contributed by atoms with Crippen molar-refractivity contribution >= 4 is 27.6 Å². The van der Waals surface area contributed by atoms with Gasteiger partial charge in [0.15, 0.2) is 6.61 Å². The van der Waals surface area contributed by atoms with Crippen molar-refractivity contribution in [3.63, 3.8) is 0 Å². The molecule has 0 aliphatic rings. The van der Waals surface area contributed by atoms with Crippen molar-refractivity contribution in [1.82, 2.24) is 10.1 Å². The predicted molar refractivity (Wildman–Crippen MR) is 129 cm³/mol. The molecule has 34 heavy (non-hydrogen) atoms. The van der Waals surface area contributed by atoms with Crippen LogP contribution in [0, 0.1) is 13.8 Å². The Kier molecular flexibility index (Phi) is 8.29. The highest BCUT2D eigenvalue weighted by atomic mass is 32.2. The van der Waals surface area contributed by atoms with Gasteiger partial charge in [0.1, 0.15) is 6.54 Å². The average Bonchev–Trinajstić information content (AvgIpc) is 2.84. The Labute approximate surface area is 198 Å². The van der Waals surface area contributed by atoms with E-state index >= 15 is 0 Å². The SMILES string of the molecule is Cc1ccc(S(=O)(=O)NCC(=O)OCC(=O)NN=C(c2ccccc2)c2ccccc2)cc1C. The Balaban J connectivity index is 1.56. The summed E-state index contributed by atoms with van der Waals surface area (Å²) in [5, 5.41) is 4.20. The van der Waals surface area contributed by atoms with E-state index in [4.69, 9.17) is 4.74 Å². The van der Waals surface area contributed by atoms with E-state index in [1.165, 1.54) is 12.1 Å². The average molecular weight is 480 g/mol. The van der Waals surface area contributed by atoms with E-state index in [-0.39, 0.29) is 4.90 Å². The number of nitrogens with zero attached hydrogens (tertiary/aromatic N) is 1. The summed E-state index contributed by atoms with van der Waals surface area (Å²) in [6.07, 6.45) is 0. The molecule has 3 aromatic carbocycles. The Morgan fingerprint density at radius 3 is 2.00 bits per heavy atom. The summed E-state index contributed by atoms with van der Waals surface area (Å²) in [4.78, 5) is 24.2. The molecule has 176 valence electrons. The van der Waals surface area contributed by atoms with Crippen LogP contribution in [0.25, 0.3) is 0 Å². The van der Waals surface area contributed by atoms with Gasteiger partial charge in [-0.15, -0.1) is 0 Å². The standard InChI is InChI=1S/C25H25N3O5S/c1-18-13-14-22(15-19(18)2)34(31,32)26-16-24(30)33-17-23(29)27-28-25(20-9-5-3-6-10-20)21-11-7-4-8-12-21/h3-15,26H,16-17H2,1-2H3,(H,27,29). The number of carbonyl (C=O) groups is 2. The number of aryl methyl sites for hydroxylation is 2. The van der Waals surface area contributed by atoms with Gasteiger partial charge in [-0.2, -0.15) is 9.82 Å². The molecule has 8 nitrogen and oxygen atoms in total. The van der Waals surface area contributed by atoms with Gasteiger partial charge in [-0.05, 0) is 37.1 Å². The molecule has 0 aliphatic heterocycles. The minimum atomic E-state index is -3.89. The maximum atomic E-state index is 12.4. The second-order valence-electron chi connectivity index (χ2n) is 7.46. The molecule has 3 aromatic rings. The zero-order chi connectivity index (χ0) is 24.6. The molecule has 2 N–H and O–H groups in total. The van der Waals surface area contributed by atoms with Crippen LogP contribution in [0.5, 0.6) is 0 Å². The molecular weight excluding hydrogens is 454 g/mol. The first-order valence-electron chi connectivity index (χ1n) is 10.5. The molecule has 1 amide bonds. The van der Waals surface area contributed by atoms with Crippen molar-refractivity contribution in [2.24, 2.45) is 5.10 Å². The fraction of sp³-hybridized carbons (Fsp3) is 0.160. The van der Waals surface area contributed by atoms with Crippen LogP contribution in [0.15, 0.2) is 88.9 Å². The summed E-state index contributed by atoms with van der Waals surface area (Å²) in [6.45, 7) is 2.45. The highest BCUT2D eigenvalue weighted by molar-refractivity contribution is 7.89. The minimum Gasteiger partial charge on any atom is -0.455 e. The molecule has 0 spiro atoms. The minimum absolute atomic E-state index is 0.0461. The van der Waals surface area contributed by atoms with E-state index in [9.17, 15) is 18.0 Å². The van der Waals surface area contributed by atoms with Crippen molar-refractivity contribution < 1.29 is 22.7 Å². The second kappa shape index (κ2) is 11.4. The monoisotopic (exact) mass is 479 g/mol. The largest absolute Gasteiger partial charge is 0.455 e. The van der Waals surface area contributed by atoms with Crippen LogP contribution in [-0.4, -0.2) is 39.2 Å². The number of benzene rings is 3. The summed E-state index contributed by atoms with van der Waals surface area (Å²) in [7, 11) is -3.89. The van der Waals surface area contributed by atoms with Gasteiger partial charge in [-0.3, -0.25) is 9.59 Å². The van der Waals surface area contributed by atoms with Gasteiger partial charge < -0.3 is 4.74 Å². The third kappa shape index (κ3) is 6.84. The van der Waals surface area contributed by atoms with Gasteiger partial charge in [-0.1, -0.05) is 66.7 Å². The Hall–Kier alpha value is -3.82. The Morgan fingerprint density at radius 1 is 0.853 bits per heavy atom. The highest BCUT2D eigenvalue weighted by Crippen LogP contribution is 2.14. The first-order valence-corrected chi connectivity index (χ1v) is 11.9. The summed E-state index contributed by atoms with van der Waals surface area (Å²) in [5.74, 6) is -1.55. The first-order chi connectivity index (χ1) is 16.3. The van der Waals surface area contributed by atoms with Crippen molar-refractivity contribution in [1.29, 1.82) is 0 Å². The number of sulfonamides is 1. The van der Waals surface area contributed by atoms with Crippen molar-refractivity contribution in [3.8, 4) is 0 Å². The van der Waals surface area contributed by atoms with Crippen LogP contribution >= 0.6 is 0 Å². The van der Waals surface area contributed by atoms with Crippen molar-refractivity contribution in [2.75, 3.05) is 13.2 Å². The number of carbonyl (C=O) groups excluding carboxylic acids is 2. The number of hydrogen-bond donors (Lipinski definition) is 2. The molecule has 0 atom stereocenters. The number of nitrogens with one attached hydrogen (secondary N) is 2. The van der Waals surface area contributed by atoms with E-state index in [0.29, 0.717) is 5.71 Å². The lowest BCUT2D eigenvalue weighted by molar-refractivity contribution is -0.147. The molecule has 3 rings (SSSR count). The quantitative estimate of drug-likeness (QED) is 0.278. The van der Waals surface area contributed by atoms with Gasteiger partial charge in [0.2, 0.25) is 10.0 Å². The highest BCUT2D eigenvalue weighted by Gasteiger charge is 2.17. The molecule has 0 unspecified atom stereocenters. The fourth-order valence-electron chi connectivity index (χ4n) is 2.95. The maximum Gasteiger partial charge on any atom is 0.321 e. The zero-order valence-corrected chi connectivity index (χ0v) is 19.6. The lowest BCUT2D eigenvalue weighted by Crippen LogP contribution is -2.33. The van der Waals surface area contributed by atoms with E-state index in [1.807, 2.05) is 67.6 Å². The van der Waals surface area contributed by atoms with E-state index in [2.05, 4.69) is 15.2 Å². The number of ether oxygens (including phenoxy) is 1. The van der Waals surface area contributed by atoms with Gasteiger partial charge in [-0.25, -0.2) is 13.8 Å². The Bertz CT molecular complexity index is 1250. The molecule has 0 saturated carbocycles. The summed E-state index contributed by atoms with van der Waals surface area (Å²) < 4.78 is 31.8. The molecule has 0 saturated heterocycles.